The van der Waals surface area contributed by atoms with Gasteiger partial charge in [-0.1, -0.05) is 23.6 Å². The molecule has 3 aromatic rings. The Morgan fingerprint density at radius 1 is 1.18 bits per heavy atom. The molecule has 1 amide bonds. The molecule has 2 atom stereocenters. The Labute approximate surface area is 239 Å². The third-order valence-corrected chi connectivity index (χ3v) is 8.07. The van der Waals surface area contributed by atoms with Gasteiger partial charge in [0.25, 0.3) is 11.8 Å². The Hall–Kier alpha value is -3.51. The van der Waals surface area contributed by atoms with Gasteiger partial charge in [0.2, 0.25) is 0 Å². The van der Waals surface area contributed by atoms with Crippen molar-refractivity contribution in [1.29, 1.82) is 0 Å². The number of nitrogens with zero attached hydrogens (tertiary/aromatic N) is 8. The standard InChI is InChI=1S/C27H37ClN10O2/c1-5-18-15-37(24-17(4)32-21(13-31-24)25-34-35-27(40-25)30-6-2)16(3)14-38(18)19-9-11-36(12-10-19)26(39)20-7-8-22(28)33-23(20)29/h7-8,13,16,18-19H,5-6,9-12,14-15H2,1-4H3,(H2,29,33)(H,30,35)/t16-,18+/m1/s1. The minimum absolute atomic E-state index is 0.0822. The molecular weight excluding hydrogens is 532 g/mol. The summed E-state index contributed by atoms with van der Waals surface area (Å²) in [5.74, 6) is 1.33. The Kier molecular flexibility index (Phi) is 8.36. The van der Waals surface area contributed by atoms with Crippen LogP contribution < -0.4 is 16.0 Å². The second-order valence-electron chi connectivity index (χ2n) is 10.5. The second kappa shape index (κ2) is 11.9. The lowest BCUT2D eigenvalue weighted by Gasteiger charge is -2.50. The van der Waals surface area contributed by atoms with Gasteiger partial charge < -0.3 is 25.3 Å². The van der Waals surface area contributed by atoms with E-state index in [9.17, 15) is 4.79 Å². The van der Waals surface area contributed by atoms with Gasteiger partial charge in [0.05, 0.1) is 17.5 Å². The van der Waals surface area contributed by atoms with Crippen molar-refractivity contribution in [1.82, 2.24) is 34.9 Å². The Balaban J connectivity index is 1.23. The van der Waals surface area contributed by atoms with Gasteiger partial charge in [0.1, 0.15) is 22.5 Å². The van der Waals surface area contributed by atoms with Crippen molar-refractivity contribution in [2.45, 2.75) is 65.1 Å². The number of nitrogens with two attached hydrogens (primary N) is 1. The third-order valence-electron chi connectivity index (χ3n) is 7.86. The van der Waals surface area contributed by atoms with E-state index in [1.807, 2.05) is 18.7 Å². The first-order chi connectivity index (χ1) is 19.3. The molecule has 13 heteroatoms. The molecule has 0 radical (unpaired) electrons. The molecule has 0 unspecified atom stereocenters. The number of carbonyl (C=O) groups excluding carboxylic acids is 1. The molecule has 2 fully saturated rings. The van der Waals surface area contributed by atoms with Gasteiger partial charge in [-0.3, -0.25) is 9.69 Å². The van der Waals surface area contributed by atoms with Gasteiger partial charge in [0, 0.05) is 50.8 Å². The van der Waals surface area contributed by atoms with E-state index in [0.717, 1.165) is 43.9 Å². The third kappa shape index (κ3) is 5.68. The lowest BCUT2D eigenvalue weighted by Crippen LogP contribution is -2.62. The van der Waals surface area contributed by atoms with Crippen LogP contribution in [0.4, 0.5) is 17.7 Å². The fourth-order valence-electron chi connectivity index (χ4n) is 5.78. The summed E-state index contributed by atoms with van der Waals surface area (Å²) in [7, 11) is 0. The minimum atomic E-state index is -0.0822. The summed E-state index contributed by atoms with van der Waals surface area (Å²) in [6.07, 6.45) is 4.57. The second-order valence-corrected chi connectivity index (χ2v) is 10.8. The van der Waals surface area contributed by atoms with Crippen LogP contribution in [-0.2, 0) is 0 Å². The number of nitrogens with one attached hydrogen (secondary N) is 1. The predicted molar refractivity (Wildman–Crippen MR) is 154 cm³/mol. The van der Waals surface area contributed by atoms with Gasteiger partial charge >= 0.3 is 6.01 Å². The summed E-state index contributed by atoms with van der Waals surface area (Å²) in [5.41, 5.74) is 7.78. The van der Waals surface area contributed by atoms with Crippen molar-refractivity contribution in [3.05, 3.63) is 34.7 Å². The molecule has 2 saturated heterocycles. The number of carbonyl (C=O) groups is 1. The first-order valence-electron chi connectivity index (χ1n) is 13.9. The number of halogens is 1. The average molecular weight is 569 g/mol. The maximum Gasteiger partial charge on any atom is 0.315 e. The molecule has 5 rings (SSSR count). The van der Waals surface area contributed by atoms with Crippen molar-refractivity contribution in [2.75, 3.05) is 48.7 Å². The monoisotopic (exact) mass is 568 g/mol. The molecule has 2 aliphatic heterocycles. The van der Waals surface area contributed by atoms with Crippen molar-refractivity contribution in [2.24, 2.45) is 0 Å². The molecule has 214 valence electrons. The summed E-state index contributed by atoms with van der Waals surface area (Å²) < 4.78 is 5.65. The average Bonchev–Trinajstić information content (AvgIpc) is 3.42. The SMILES string of the molecule is CCNc1nnc(-c2cnc(N3C[C@H](CC)N(C4CCN(C(=O)c5ccc(Cl)nc5N)CC4)C[C@H]3C)c(C)n2)o1. The quantitative estimate of drug-likeness (QED) is 0.404. The van der Waals surface area contributed by atoms with E-state index in [1.165, 1.54) is 0 Å². The number of aromatic nitrogens is 5. The summed E-state index contributed by atoms with van der Waals surface area (Å²) in [4.78, 5) is 33.5. The molecule has 12 nitrogen and oxygen atoms in total. The summed E-state index contributed by atoms with van der Waals surface area (Å²) >= 11 is 5.91. The number of anilines is 3. The highest BCUT2D eigenvalue weighted by Gasteiger charge is 2.38. The number of amides is 1. The number of likely N-dealkylation sites (tertiary alicyclic amines) is 1. The fraction of sp³-hybridized carbons (Fsp3) is 0.556. The number of nitrogen functional groups attached to an aromatic ring is 1. The van der Waals surface area contributed by atoms with Crippen molar-refractivity contribution < 1.29 is 9.21 Å². The molecule has 0 spiro atoms. The number of rotatable bonds is 7. The minimum Gasteiger partial charge on any atom is -0.402 e. The number of hydrogen-bond acceptors (Lipinski definition) is 11. The predicted octanol–water partition coefficient (Wildman–Crippen LogP) is 3.49. The molecule has 3 N–H and O–H groups in total. The lowest BCUT2D eigenvalue weighted by molar-refractivity contribution is 0.0435. The topological polar surface area (TPSA) is 142 Å². The van der Waals surface area contributed by atoms with Crippen LogP contribution in [0.1, 0.15) is 56.1 Å². The van der Waals surface area contributed by atoms with Crippen LogP contribution in [-0.4, -0.2) is 91.7 Å². The number of pyridine rings is 1. The van der Waals surface area contributed by atoms with Crippen molar-refractivity contribution >= 4 is 35.2 Å². The lowest BCUT2D eigenvalue weighted by atomic mass is 9.96. The summed E-state index contributed by atoms with van der Waals surface area (Å²) in [5, 5.41) is 11.4. The number of hydrogen-bond donors (Lipinski definition) is 2. The Bertz CT molecular complexity index is 1340. The maximum absolute atomic E-state index is 13.1. The summed E-state index contributed by atoms with van der Waals surface area (Å²) in [6, 6.07) is 4.68. The first-order valence-corrected chi connectivity index (χ1v) is 14.3. The van der Waals surface area contributed by atoms with E-state index in [2.05, 4.69) is 44.1 Å². The van der Waals surface area contributed by atoms with E-state index in [1.54, 1.807) is 18.3 Å². The first kappa shape index (κ1) is 28.0. The molecule has 0 saturated carbocycles. The zero-order chi connectivity index (χ0) is 28.4. The van der Waals surface area contributed by atoms with E-state index in [0.29, 0.717) is 54.9 Å². The van der Waals surface area contributed by atoms with Crippen LogP contribution in [0.3, 0.4) is 0 Å². The maximum atomic E-state index is 13.1. The number of piperazine rings is 1. The van der Waals surface area contributed by atoms with Crippen LogP contribution in [0.2, 0.25) is 5.15 Å². The highest BCUT2D eigenvalue weighted by Crippen LogP contribution is 2.31. The van der Waals surface area contributed by atoms with Crippen LogP contribution >= 0.6 is 11.6 Å². The van der Waals surface area contributed by atoms with E-state index < -0.39 is 0 Å². The van der Waals surface area contributed by atoms with Crippen molar-refractivity contribution in [3.63, 3.8) is 0 Å². The van der Waals surface area contributed by atoms with E-state index >= 15 is 0 Å². The number of aryl methyl sites for hydroxylation is 1. The molecule has 5 heterocycles. The van der Waals surface area contributed by atoms with Gasteiger partial charge in [-0.15, -0.1) is 5.10 Å². The Morgan fingerprint density at radius 2 is 1.95 bits per heavy atom. The normalized spacial score (nSPS) is 20.6. The van der Waals surface area contributed by atoms with Crippen LogP contribution in [0.25, 0.3) is 11.6 Å². The molecular formula is C27H37ClN10O2. The fourth-order valence-corrected chi connectivity index (χ4v) is 5.94. The van der Waals surface area contributed by atoms with Gasteiger partial charge in [0.15, 0.2) is 0 Å². The highest BCUT2D eigenvalue weighted by molar-refractivity contribution is 6.29. The highest BCUT2D eigenvalue weighted by atomic mass is 35.5. The molecule has 0 bridgehead atoms. The van der Waals surface area contributed by atoms with Gasteiger partial charge in [-0.25, -0.2) is 15.0 Å². The summed E-state index contributed by atoms with van der Waals surface area (Å²) in [6.45, 7) is 12.3. The Morgan fingerprint density at radius 3 is 2.62 bits per heavy atom. The smallest absolute Gasteiger partial charge is 0.315 e. The zero-order valence-electron chi connectivity index (χ0n) is 23.5. The zero-order valence-corrected chi connectivity index (χ0v) is 24.2. The molecule has 40 heavy (non-hydrogen) atoms. The van der Waals surface area contributed by atoms with Crippen LogP contribution in [0, 0.1) is 6.92 Å². The van der Waals surface area contributed by atoms with E-state index in [-0.39, 0.29) is 22.9 Å². The molecule has 3 aromatic heterocycles. The van der Waals surface area contributed by atoms with Crippen LogP contribution in [0.15, 0.2) is 22.7 Å². The van der Waals surface area contributed by atoms with E-state index in [4.69, 9.17) is 31.7 Å². The molecule has 0 aromatic carbocycles. The number of piperidine rings is 1. The van der Waals surface area contributed by atoms with Gasteiger partial charge in [-0.2, -0.15) is 0 Å². The van der Waals surface area contributed by atoms with Crippen LogP contribution in [0.5, 0.6) is 0 Å². The van der Waals surface area contributed by atoms with Gasteiger partial charge in [-0.05, 0) is 52.2 Å². The molecule has 0 aliphatic carbocycles. The van der Waals surface area contributed by atoms with Crippen molar-refractivity contribution in [3.8, 4) is 11.6 Å². The molecule has 2 aliphatic rings. The largest absolute Gasteiger partial charge is 0.402 e.